The number of hydrogen-bond acceptors (Lipinski definition) is 3. The topological polar surface area (TPSA) is 47.9 Å². The molecule has 0 spiro atoms. The third kappa shape index (κ3) is 2.21. The number of nitriles is 1. The van der Waals surface area contributed by atoms with Gasteiger partial charge in [0.1, 0.15) is 5.54 Å². The molecule has 0 aromatic rings. The summed E-state index contributed by atoms with van der Waals surface area (Å²) in [5.41, 5.74) is -0.476. The summed E-state index contributed by atoms with van der Waals surface area (Å²) in [5.74, 6) is 2.87. The maximum Gasteiger partial charge on any atom is 0.108 e. The summed E-state index contributed by atoms with van der Waals surface area (Å²) >= 11 is 0. The van der Waals surface area contributed by atoms with E-state index in [-0.39, 0.29) is 0 Å². The highest BCUT2D eigenvalue weighted by Crippen LogP contribution is 2.22. The molecule has 3 heteroatoms. The van der Waals surface area contributed by atoms with Crippen LogP contribution in [0.1, 0.15) is 13.3 Å². The Morgan fingerprint density at radius 2 is 2.54 bits per heavy atom. The molecule has 1 heterocycles. The van der Waals surface area contributed by atoms with Crippen molar-refractivity contribution < 1.29 is 0 Å². The molecule has 0 aromatic heterocycles. The molecule has 70 valence electrons. The fourth-order valence-corrected chi connectivity index (χ4v) is 1.66. The van der Waals surface area contributed by atoms with Crippen molar-refractivity contribution in [1.29, 1.82) is 5.26 Å². The zero-order valence-corrected chi connectivity index (χ0v) is 7.93. The molecule has 2 unspecified atom stereocenters. The van der Waals surface area contributed by atoms with Gasteiger partial charge >= 0.3 is 0 Å². The molecule has 0 radical (unpaired) electrons. The number of hydrogen-bond donors (Lipinski definition) is 2. The number of nitrogens with one attached hydrogen (secondary N) is 2. The maximum absolute atomic E-state index is 9.06. The van der Waals surface area contributed by atoms with Crippen LogP contribution in [-0.4, -0.2) is 25.2 Å². The molecule has 0 aliphatic carbocycles. The van der Waals surface area contributed by atoms with Crippen LogP contribution in [0.5, 0.6) is 0 Å². The van der Waals surface area contributed by atoms with Crippen molar-refractivity contribution in [3.8, 4) is 18.4 Å². The van der Waals surface area contributed by atoms with Gasteiger partial charge in [0.15, 0.2) is 0 Å². The number of rotatable bonds is 3. The minimum absolute atomic E-state index is 0.367. The molecule has 0 saturated carbocycles. The van der Waals surface area contributed by atoms with E-state index in [2.05, 4.69) is 22.6 Å². The Morgan fingerprint density at radius 3 is 3.00 bits per heavy atom. The molecular formula is C10H15N3. The molecule has 2 atom stereocenters. The molecular weight excluding hydrogens is 162 g/mol. The smallest absolute Gasteiger partial charge is 0.108 e. The van der Waals surface area contributed by atoms with Crippen LogP contribution in [0.15, 0.2) is 0 Å². The van der Waals surface area contributed by atoms with Crippen molar-refractivity contribution in [2.75, 3.05) is 19.6 Å². The predicted octanol–water partition coefficient (Wildman–Crippen LogP) is 0.101. The van der Waals surface area contributed by atoms with Gasteiger partial charge in [-0.05, 0) is 19.9 Å². The molecule has 0 bridgehead atoms. The summed E-state index contributed by atoms with van der Waals surface area (Å²) in [6.07, 6.45) is 6.19. The van der Waals surface area contributed by atoms with E-state index in [1.165, 1.54) is 0 Å². The Balaban J connectivity index is 2.58. The standard InChI is InChI=1S/C10H15N3/c1-3-5-13-10(2,8-11)9-4-6-12-7-9/h1,9,12-13H,4-7H2,2H3. The minimum atomic E-state index is -0.476. The average molecular weight is 177 g/mol. The van der Waals surface area contributed by atoms with Crippen molar-refractivity contribution in [3.05, 3.63) is 0 Å². The lowest BCUT2D eigenvalue weighted by atomic mass is 9.86. The van der Waals surface area contributed by atoms with E-state index in [1.54, 1.807) is 0 Å². The molecule has 2 N–H and O–H groups in total. The Hall–Kier alpha value is -1.03. The fraction of sp³-hybridized carbons (Fsp3) is 0.700. The van der Waals surface area contributed by atoms with Crippen molar-refractivity contribution in [3.63, 3.8) is 0 Å². The molecule has 1 aliphatic heterocycles. The van der Waals surface area contributed by atoms with Gasteiger partial charge in [0.2, 0.25) is 0 Å². The van der Waals surface area contributed by atoms with Crippen LogP contribution in [0.4, 0.5) is 0 Å². The highest BCUT2D eigenvalue weighted by atomic mass is 15.0. The van der Waals surface area contributed by atoms with E-state index in [9.17, 15) is 0 Å². The molecule has 0 amide bonds. The summed E-state index contributed by atoms with van der Waals surface area (Å²) in [6, 6.07) is 2.31. The van der Waals surface area contributed by atoms with Gasteiger partial charge in [-0.3, -0.25) is 5.32 Å². The van der Waals surface area contributed by atoms with Crippen LogP contribution in [-0.2, 0) is 0 Å². The molecule has 3 nitrogen and oxygen atoms in total. The first kappa shape index (κ1) is 10.1. The molecule has 0 aromatic carbocycles. The third-order valence-corrected chi connectivity index (χ3v) is 2.67. The van der Waals surface area contributed by atoms with Crippen LogP contribution in [0.3, 0.4) is 0 Å². The molecule has 1 saturated heterocycles. The molecule has 13 heavy (non-hydrogen) atoms. The van der Waals surface area contributed by atoms with E-state index in [0.29, 0.717) is 12.5 Å². The Labute approximate surface area is 79.5 Å². The van der Waals surface area contributed by atoms with Gasteiger partial charge in [-0.2, -0.15) is 5.26 Å². The van der Waals surface area contributed by atoms with Crippen molar-refractivity contribution in [1.82, 2.24) is 10.6 Å². The second kappa shape index (κ2) is 4.28. The lowest BCUT2D eigenvalue weighted by Crippen LogP contribution is -2.48. The summed E-state index contributed by atoms with van der Waals surface area (Å²) in [6.45, 7) is 4.28. The average Bonchev–Trinajstić information content (AvgIpc) is 2.67. The van der Waals surface area contributed by atoms with E-state index < -0.39 is 5.54 Å². The lowest BCUT2D eigenvalue weighted by Gasteiger charge is -2.28. The third-order valence-electron chi connectivity index (χ3n) is 2.67. The summed E-state index contributed by atoms with van der Waals surface area (Å²) in [5, 5.41) is 15.4. The zero-order chi connectivity index (χ0) is 9.73. The number of nitrogens with zero attached hydrogens (tertiary/aromatic N) is 1. The van der Waals surface area contributed by atoms with Gasteiger partial charge < -0.3 is 5.32 Å². The first-order valence-corrected chi connectivity index (χ1v) is 4.53. The van der Waals surface area contributed by atoms with E-state index in [0.717, 1.165) is 19.5 Å². The van der Waals surface area contributed by atoms with Crippen molar-refractivity contribution in [2.45, 2.75) is 18.9 Å². The van der Waals surface area contributed by atoms with Gasteiger partial charge in [0.05, 0.1) is 12.6 Å². The first-order chi connectivity index (χ1) is 6.23. The largest absolute Gasteiger partial charge is 0.316 e. The van der Waals surface area contributed by atoms with Gasteiger partial charge in [-0.15, -0.1) is 6.42 Å². The Kier molecular flexibility index (Phi) is 3.31. The highest BCUT2D eigenvalue weighted by molar-refractivity contribution is 5.11. The second-order valence-electron chi connectivity index (χ2n) is 3.56. The molecule has 1 fully saturated rings. The Bertz CT molecular complexity index is 242. The number of terminal acetylenes is 1. The van der Waals surface area contributed by atoms with Crippen molar-refractivity contribution in [2.24, 2.45) is 5.92 Å². The normalized spacial score (nSPS) is 25.9. The quantitative estimate of drug-likeness (QED) is 0.601. The van der Waals surface area contributed by atoms with Gasteiger partial charge in [0, 0.05) is 12.5 Å². The predicted molar refractivity (Wildman–Crippen MR) is 51.8 cm³/mol. The first-order valence-electron chi connectivity index (χ1n) is 4.53. The second-order valence-corrected chi connectivity index (χ2v) is 3.56. The zero-order valence-electron chi connectivity index (χ0n) is 7.93. The van der Waals surface area contributed by atoms with Crippen LogP contribution in [0.2, 0.25) is 0 Å². The monoisotopic (exact) mass is 177 g/mol. The van der Waals surface area contributed by atoms with Crippen LogP contribution in [0.25, 0.3) is 0 Å². The summed E-state index contributed by atoms with van der Waals surface area (Å²) in [7, 11) is 0. The van der Waals surface area contributed by atoms with Crippen molar-refractivity contribution >= 4 is 0 Å². The van der Waals surface area contributed by atoms with E-state index in [1.807, 2.05) is 6.92 Å². The Morgan fingerprint density at radius 1 is 1.77 bits per heavy atom. The van der Waals surface area contributed by atoms with Gasteiger partial charge in [-0.1, -0.05) is 5.92 Å². The summed E-state index contributed by atoms with van der Waals surface area (Å²) in [4.78, 5) is 0. The van der Waals surface area contributed by atoms with Gasteiger partial charge in [-0.25, -0.2) is 0 Å². The van der Waals surface area contributed by atoms with Crippen LogP contribution in [0, 0.1) is 29.6 Å². The summed E-state index contributed by atoms with van der Waals surface area (Å²) < 4.78 is 0. The molecule has 1 rings (SSSR count). The van der Waals surface area contributed by atoms with Crippen LogP contribution < -0.4 is 10.6 Å². The lowest BCUT2D eigenvalue weighted by molar-refractivity contribution is 0.329. The minimum Gasteiger partial charge on any atom is -0.316 e. The van der Waals surface area contributed by atoms with E-state index in [4.69, 9.17) is 11.7 Å². The molecule has 1 aliphatic rings. The SMILES string of the molecule is C#CCNC(C)(C#N)C1CCNC1. The van der Waals surface area contributed by atoms with Gasteiger partial charge in [0.25, 0.3) is 0 Å². The highest BCUT2D eigenvalue weighted by Gasteiger charge is 2.35. The van der Waals surface area contributed by atoms with Crippen LogP contribution >= 0.6 is 0 Å². The fourth-order valence-electron chi connectivity index (χ4n) is 1.66. The maximum atomic E-state index is 9.06. The van der Waals surface area contributed by atoms with E-state index >= 15 is 0 Å².